The van der Waals surface area contributed by atoms with Crippen molar-refractivity contribution in [1.29, 1.82) is 0 Å². The van der Waals surface area contributed by atoms with E-state index in [1.165, 1.54) is 122 Å². The van der Waals surface area contributed by atoms with Gasteiger partial charge in [0.15, 0.2) is 6.10 Å². The van der Waals surface area contributed by atoms with Gasteiger partial charge in [0, 0.05) is 12.8 Å². The third-order valence-electron chi connectivity index (χ3n) is 8.98. The molecular formula is C44H78O5. The molecule has 0 aromatic heterocycles. The van der Waals surface area contributed by atoms with Crippen LogP contribution in [-0.4, -0.2) is 36.4 Å². The SMILES string of the molecule is CC/C=C/C=C/C=C/C=C/CCCCCC(=O)OCC(CO)OC(=O)CCCCCCCCCCCCCCCCCCCCCCCC. The second-order valence-corrected chi connectivity index (χ2v) is 13.8. The molecule has 0 bridgehead atoms. The summed E-state index contributed by atoms with van der Waals surface area (Å²) in [5, 5.41) is 9.55. The molecule has 0 aliphatic heterocycles. The predicted molar refractivity (Wildman–Crippen MR) is 210 cm³/mol. The maximum Gasteiger partial charge on any atom is 0.306 e. The molecule has 1 atom stereocenters. The van der Waals surface area contributed by atoms with Crippen molar-refractivity contribution in [1.82, 2.24) is 0 Å². The molecule has 0 saturated carbocycles. The third kappa shape index (κ3) is 38.5. The van der Waals surface area contributed by atoms with Crippen LogP contribution in [0.4, 0.5) is 0 Å². The number of ether oxygens (including phenoxy) is 2. The van der Waals surface area contributed by atoms with Gasteiger partial charge in [-0.2, -0.15) is 0 Å². The van der Waals surface area contributed by atoms with Gasteiger partial charge in [0.05, 0.1) is 6.61 Å². The summed E-state index contributed by atoms with van der Waals surface area (Å²) in [6.07, 6.45) is 50.5. The van der Waals surface area contributed by atoms with Gasteiger partial charge in [-0.3, -0.25) is 9.59 Å². The van der Waals surface area contributed by atoms with E-state index in [1.54, 1.807) is 0 Å². The van der Waals surface area contributed by atoms with Crippen molar-refractivity contribution in [3.63, 3.8) is 0 Å². The number of aliphatic hydroxyl groups excluding tert-OH is 1. The standard InChI is InChI=1S/C44H78O5/c1-3-5-7-9-11-13-15-17-18-19-20-21-22-23-24-25-27-29-31-33-35-37-39-44(47)49-42(40-45)41-48-43(46)38-36-34-32-30-28-26-16-14-12-10-8-6-4-2/h6,8,10,12,14,16,26,28,42,45H,3-5,7,9,11,13,15,17-25,27,29-41H2,1-2H3/b8-6+,12-10+,16-14+,28-26+. The van der Waals surface area contributed by atoms with Crippen LogP contribution in [-0.2, 0) is 19.1 Å². The minimum absolute atomic E-state index is 0.0851. The summed E-state index contributed by atoms with van der Waals surface area (Å²) in [5.41, 5.74) is 0. The molecule has 0 amide bonds. The fourth-order valence-corrected chi connectivity index (χ4v) is 5.86. The first-order valence-corrected chi connectivity index (χ1v) is 20.7. The van der Waals surface area contributed by atoms with Gasteiger partial charge in [-0.15, -0.1) is 0 Å². The van der Waals surface area contributed by atoms with E-state index >= 15 is 0 Å². The number of carbonyl (C=O) groups excluding carboxylic acids is 2. The molecule has 0 spiro atoms. The number of hydrogen-bond donors (Lipinski definition) is 1. The van der Waals surface area contributed by atoms with Crippen LogP contribution in [0, 0.1) is 0 Å². The summed E-state index contributed by atoms with van der Waals surface area (Å²) in [6, 6.07) is 0. The summed E-state index contributed by atoms with van der Waals surface area (Å²) in [6.45, 7) is 3.97. The van der Waals surface area contributed by atoms with Crippen LogP contribution in [0.2, 0.25) is 0 Å². The van der Waals surface area contributed by atoms with Gasteiger partial charge < -0.3 is 14.6 Å². The zero-order chi connectivity index (χ0) is 35.7. The first-order chi connectivity index (χ1) is 24.1. The van der Waals surface area contributed by atoms with E-state index in [0.29, 0.717) is 12.8 Å². The second kappa shape index (κ2) is 40.3. The smallest absolute Gasteiger partial charge is 0.306 e. The Morgan fingerprint density at radius 3 is 1.33 bits per heavy atom. The molecule has 0 saturated heterocycles. The summed E-state index contributed by atoms with van der Waals surface area (Å²) in [7, 11) is 0. The summed E-state index contributed by atoms with van der Waals surface area (Å²) < 4.78 is 10.6. The van der Waals surface area contributed by atoms with E-state index in [-0.39, 0.29) is 25.2 Å². The number of hydrogen-bond acceptors (Lipinski definition) is 5. The zero-order valence-electron chi connectivity index (χ0n) is 32.2. The number of unbranched alkanes of at least 4 members (excludes halogenated alkanes) is 24. The highest BCUT2D eigenvalue weighted by atomic mass is 16.6. The first kappa shape index (κ1) is 46.9. The van der Waals surface area contributed by atoms with Crippen LogP contribution in [0.1, 0.15) is 200 Å². The Morgan fingerprint density at radius 1 is 0.490 bits per heavy atom. The van der Waals surface area contributed by atoms with E-state index in [1.807, 2.05) is 36.5 Å². The van der Waals surface area contributed by atoms with Crippen molar-refractivity contribution in [3.8, 4) is 0 Å². The normalized spacial score (nSPS) is 12.6. The van der Waals surface area contributed by atoms with Crippen LogP contribution < -0.4 is 0 Å². The summed E-state index contributed by atoms with van der Waals surface area (Å²) in [4.78, 5) is 24.2. The molecule has 1 N–H and O–H groups in total. The lowest BCUT2D eigenvalue weighted by Gasteiger charge is -2.15. The van der Waals surface area contributed by atoms with Crippen LogP contribution in [0.5, 0.6) is 0 Å². The molecule has 5 heteroatoms. The highest BCUT2D eigenvalue weighted by Gasteiger charge is 2.16. The number of aliphatic hydroxyl groups is 1. The largest absolute Gasteiger partial charge is 0.462 e. The van der Waals surface area contributed by atoms with Crippen molar-refractivity contribution >= 4 is 11.9 Å². The van der Waals surface area contributed by atoms with Crippen molar-refractivity contribution < 1.29 is 24.2 Å². The lowest BCUT2D eigenvalue weighted by atomic mass is 10.0. The van der Waals surface area contributed by atoms with E-state index < -0.39 is 6.10 Å². The average molecular weight is 687 g/mol. The summed E-state index contributed by atoms with van der Waals surface area (Å²) in [5.74, 6) is -0.632. The minimum atomic E-state index is -0.785. The quantitative estimate of drug-likeness (QED) is 0.0400. The maximum absolute atomic E-state index is 12.2. The molecule has 0 fully saturated rings. The van der Waals surface area contributed by atoms with Crippen LogP contribution in [0.15, 0.2) is 48.6 Å². The van der Waals surface area contributed by atoms with Gasteiger partial charge in [0.25, 0.3) is 0 Å². The van der Waals surface area contributed by atoms with Crippen LogP contribution >= 0.6 is 0 Å². The molecule has 0 rings (SSSR count). The Hall–Kier alpha value is -2.14. The Labute approximate surface area is 303 Å². The lowest BCUT2D eigenvalue weighted by Crippen LogP contribution is -2.28. The molecule has 0 aliphatic carbocycles. The average Bonchev–Trinajstić information content (AvgIpc) is 3.10. The maximum atomic E-state index is 12.2. The number of rotatable bonds is 37. The van der Waals surface area contributed by atoms with E-state index in [2.05, 4.69) is 26.0 Å². The Bertz CT molecular complexity index is 827. The molecule has 0 aliphatic rings. The first-order valence-electron chi connectivity index (χ1n) is 20.7. The Balaban J connectivity index is 3.53. The highest BCUT2D eigenvalue weighted by Crippen LogP contribution is 2.16. The molecule has 0 aromatic carbocycles. The van der Waals surface area contributed by atoms with Gasteiger partial charge in [0.1, 0.15) is 6.61 Å². The molecule has 5 nitrogen and oxygen atoms in total. The topological polar surface area (TPSA) is 72.8 Å². The highest BCUT2D eigenvalue weighted by molar-refractivity contribution is 5.70. The Morgan fingerprint density at radius 2 is 0.878 bits per heavy atom. The molecule has 0 aromatic rings. The Kier molecular flexibility index (Phi) is 38.5. The molecule has 0 heterocycles. The molecule has 284 valence electrons. The fourth-order valence-electron chi connectivity index (χ4n) is 5.86. The molecule has 0 radical (unpaired) electrons. The van der Waals surface area contributed by atoms with Gasteiger partial charge in [-0.1, -0.05) is 204 Å². The van der Waals surface area contributed by atoms with Gasteiger partial charge in [-0.25, -0.2) is 0 Å². The third-order valence-corrected chi connectivity index (χ3v) is 8.98. The van der Waals surface area contributed by atoms with E-state index in [4.69, 9.17) is 9.47 Å². The predicted octanol–water partition coefficient (Wildman–Crippen LogP) is 13.0. The van der Waals surface area contributed by atoms with Crippen LogP contribution in [0.3, 0.4) is 0 Å². The van der Waals surface area contributed by atoms with E-state index in [9.17, 15) is 14.7 Å². The molecular weight excluding hydrogens is 608 g/mol. The van der Waals surface area contributed by atoms with Gasteiger partial charge in [0.2, 0.25) is 0 Å². The monoisotopic (exact) mass is 687 g/mol. The molecule has 1 unspecified atom stereocenters. The van der Waals surface area contributed by atoms with Crippen LogP contribution in [0.25, 0.3) is 0 Å². The van der Waals surface area contributed by atoms with Crippen molar-refractivity contribution in [2.75, 3.05) is 13.2 Å². The van der Waals surface area contributed by atoms with Gasteiger partial charge >= 0.3 is 11.9 Å². The second-order valence-electron chi connectivity index (χ2n) is 13.8. The van der Waals surface area contributed by atoms with Crippen molar-refractivity contribution in [2.24, 2.45) is 0 Å². The number of allylic oxidation sites excluding steroid dienone is 8. The van der Waals surface area contributed by atoms with E-state index in [0.717, 1.165) is 51.4 Å². The lowest BCUT2D eigenvalue weighted by molar-refractivity contribution is -0.161. The zero-order valence-corrected chi connectivity index (χ0v) is 32.2. The number of carbonyl (C=O) groups is 2. The van der Waals surface area contributed by atoms with Crippen molar-refractivity contribution in [2.45, 2.75) is 206 Å². The fraction of sp³-hybridized carbons (Fsp3) is 0.773. The van der Waals surface area contributed by atoms with Gasteiger partial charge in [-0.05, 0) is 32.1 Å². The minimum Gasteiger partial charge on any atom is -0.462 e. The molecule has 49 heavy (non-hydrogen) atoms. The summed E-state index contributed by atoms with van der Waals surface area (Å²) >= 11 is 0. The number of esters is 2. The van der Waals surface area contributed by atoms with Crippen molar-refractivity contribution in [3.05, 3.63) is 48.6 Å².